The fourth-order valence-corrected chi connectivity index (χ4v) is 2.26. The zero-order chi connectivity index (χ0) is 14.4. The molecule has 3 nitrogen and oxygen atoms in total. The molecule has 0 bridgehead atoms. The predicted molar refractivity (Wildman–Crippen MR) is 83.6 cm³/mol. The summed E-state index contributed by atoms with van der Waals surface area (Å²) in [7, 11) is 4.05. The van der Waals surface area contributed by atoms with E-state index in [9.17, 15) is 4.79 Å². The summed E-state index contributed by atoms with van der Waals surface area (Å²) >= 11 is 3.44. The first-order valence-electron chi connectivity index (χ1n) is 6.65. The van der Waals surface area contributed by atoms with Crippen molar-refractivity contribution < 1.29 is 4.79 Å². The van der Waals surface area contributed by atoms with Gasteiger partial charge in [0.2, 0.25) is 0 Å². The highest BCUT2D eigenvalue weighted by molar-refractivity contribution is 9.10. The number of nitrogens with zero attached hydrogens (tertiary/aromatic N) is 2. The molecule has 0 fully saturated rings. The number of benzene rings is 1. The lowest BCUT2D eigenvalue weighted by Gasteiger charge is -2.24. The maximum absolute atomic E-state index is 12.6. The van der Waals surface area contributed by atoms with Crippen molar-refractivity contribution in [1.29, 1.82) is 0 Å². The Kier molecular flexibility index (Phi) is 6.52. The second-order valence-corrected chi connectivity index (χ2v) is 5.97. The summed E-state index contributed by atoms with van der Waals surface area (Å²) in [5.74, 6) is 0.127. The molecule has 1 aromatic carbocycles. The molecule has 0 saturated carbocycles. The zero-order valence-corrected chi connectivity index (χ0v) is 13.8. The first-order chi connectivity index (χ1) is 8.95. The number of halogens is 1. The predicted octanol–water partition coefficient (Wildman–Crippen LogP) is 3.17. The van der Waals surface area contributed by atoms with Gasteiger partial charge in [-0.3, -0.25) is 4.79 Å². The minimum Gasteiger partial charge on any atom is -0.337 e. The van der Waals surface area contributed by atoms with Gasteiger partial charge >= 0.3 is 0 Å². The highest BCUT2D eigenvalue weighted by Crippen LogP contribution is 2.18. The smallest absolute Gasteiger partial charge is 0.254 e. The fraction of sp³-hybridized carbons (Fsp3) is 0.533. The normalized spacial score (nSPS) is 10.8. The highest BCUT2D eigenvalue weighted by atomic mass is 79.9. The van der Waals surface area contributed by atoms with Crippen LogP contribution >= 0.6 is 15.9 Å². The molecule has 4 heteroatoms. The molecule has 0 N–H and O–H groups in total. The Balaban J connectivity index is 2.88. The van der Waals surface area contributed by atoms with Crippen molar-refractivity contribution in [2.75, 3.05) is 33.7 Å². The van der Waals surface area contributed by atoms with Crippen LogP contribution in [0.5, 0.6) is 0 Å². The maximum Gasteiger partial charge on any atom is 0.254 e. The summed E-state index contributed by atoms with van der Waals surface area (Å²) in [5.41, 5.74) is 1.82. The lowest BCUT2D eigenvalue weighted by Crippen LogP contribution is -2.37. The van der Waals surface area contributed by atoms with E-state index in [0.717, 1.165) is 41.7 Å². The quantitative estimate of drug-likeness (QED) is 0.801. The Morgan fingerprint density at radius 3 is 2.47 bits per heavy atom. The Morgan fingerprint density at radius 1 is 1.21 bits per heavy atom. The van der Waals surface area contributed by atoms with Gasteiger partial charge in [-0.15, -0.1) is 0 Å². The van der Waals surface area contributed by atoms with E-state index in [1.165, 1.54) is 0 Å². The van der Waals surface area contributed by atoms with E-state index in [4.69, 9.17) is 0 Å². The number of carbonyl (C=O) groups excluding carboxylic acids is 1. The fourth-order valence-electron chi connectivity index (χ4n) is 1.90. The minimum absolute atomic E-state index is 0.127. The minimum atomic E-state index is 0.127. The maximum atomic E-state index is 12.6. The van der Waals surface area contributed by atoms with Gasteiger partial charge < -0.3 is 9.80 Å². The van der Waals surface area contributed by atoms with E-state index < -0.39 is 0 Å². The number of likely N-dealkylation sites (N-methyl/N-ethyl adjacent to an activating group) is 1. The van der Waals surface area contributed by atoms with Gasteiger partial charge in [0, 0.05) is 29.7 Å². The molecule has 0 heterocycles. The molecule has 0 saturated heterocycles. The summed E-state index contributed by atoms with van der Waals surface area (Å²) in [6.07, 6.45) is 0.978. The molecule has 0 aliphatic heterocycles. The van der Waals surface area contributed by atoms with Crippen LogP contribution in [0.1, 0.15) is 29.3 Å². The molecular formula is C15H23BrN2O. The third kappa shape index (κ3) is 4.96. The van der Waals surface area contributed by atoms with Gasteiger partial charge in [0.1, 0.15) is 0 Å². The van der Waals surface area contributed by atoms with E-state index in [0.29, 0.717) is 0 Å². The first kappa shape index (κ1) is 16.2. The average Bonchev–Trinajstić information content (AvgIpc) is 2.36. The third-order valence-electron chi connectivity index (χ3n) is 3.03. The van der Waals surface area contributed by atoms with E-state index >= 15 is 0 Å². The molecule has 0 atom stereocenters. The number of aryl methyl sites for hydroxylation is 1. The second-order valence-electron chi connectivity index (χ2n) is 5.05. The summed E-state index contributed by atoms with van der Waals surface area (Å²) in [6, 6.07) is 5.86. The molecule has 19 heavy (non-hydrogen) atoms. The van der Waals surface area contributed by atoms with Gasteiger partial charge in [-0.25, -0.2) is 0 Å². The number of hydrogen-bond acceptors (Lipinski definition) is 2. The van der Waals surface area contributed by atoms with Crippen molar-refractivity contribution in [3.63, 3.8) is 0 Å². The lowest BCUT2D eigenvalue weighted by atomic mass is 10.1. The standard InChI is InChI=1S/C15H23BrN2O/c1-5-8-18(10-9-17(3)4)15(19)14-11-13(16)7-6-12(14)2/h6-7,11H,5,8-10H2,1-4H3. The second kappa shape index (κ2) is 7.65. The molecule has 0 aromatic heterocycles. The van der Waals surface area contributed by atoms with Crippen LogP contribution in [0.25, 0.3) is 0 Å². The number of rotatable bonds is 6. The van der Waals surface area contributed by atoms with Gasteiger partial charge in [0.25, 0.3) is 5.91 Å². The molecule has 0 aliphatic rings. The highest BCUT2D eigenvalue weighted by Gasteiger charge is 2.17. The van der Waals surface area contributed by atoms with E-state index in [2.05, 4.69) is 27.8 Å². The molecule has 106 valence electrons. The van der Waals surface area contributed by atoms with Crippen LogP contribution in [-0.4, -0.2) is 49.4 Å². The van der Waals surface area contributed by atoms with Crippen LogP contribution in [0, 0.1) is 6.92 Å². The Bertz CT molecular complexity index is 432. The van der Waals surface area contributed by atoms with Crippen LogP contribution in [0.4, 0.5) is 0 Å². The van der Waals surface area contributed by atoms with E-state index in [1.54, 1.807) is 0 Å². The van der Waals surface area contributed by atoms with Crippen molar-refractivity contribution in [2.45, 2.75) is 20.3 Å². The first-order valence-corrected chi connectivity index (χ1v) is 7.45. The van der Waals surface area contributed by atoms with Crippen molar-refractivity contribution >= 4 is 21.8 Å². The van der Waals surface area contributed by atoms with E-state index in [-0.39, 0.29) is 5.91 Å². The molecule has 0 spiro atoms. The van der Waals surface area contributed by atoms with Crippen molar-refractivity contribution in [2.24, 2.45) is 0 Å². The summed E-state index contributed by atoms with van der Waals surface area (Å²) < 4.78 is 0.950. The monoisotopic (exact) mass is 326 g/mol. The van der Waals surface area contributed by atoms with E-state index in [1.807, 2.05) is 44.1 Å². The molecule has 0 radical (unpaired) electrons. The van der Waals surface area contributed by atoms with Gasteiger partial charge in [0.15, 0.2) is 0 Å². The van der Waals surface area contributed by atoms with Crippen molar-refractivity contribution in [3.05, 3.63) is 33.8 Å². The molecule has 1 amide bonds. The average molecular weight is 327 g/mol. The Labute approximate surface area is 124 Å². The van der Waals surface area contributed by atoms with Crippen LogP contribution in [0.2, 0.25) is 0 Å². The van der Waals surface area contributed by atoms with Crippen LogP contribution in [0.15, 0.2) is 22.7 Å². The molecule has 0 aliphatic carbocycles. The molecule has 1 rings (SSSR count). The van der Waals surface area contributed by atoms with Crippen molar-refractivity contribution in [1.82, 2.24) is 9.80 Å². The number of hydrogen-bond donors (Lipinski definition) is 0. The summed E-state index contributed by atoms with van der Waals surface area (Å²) in [5, 5.41) is 0. The van der Waals surface area contributed by atoms with Gasteiger partial charge in [-0.1, -0.05) is 28.9 Å². The summed E-state index contributed by atoms with van der Waals surface area (Å²) in [4.78, 5) is 16.6. The lowest BCUT2D eigenvalue weighted by molar-refractivity contribution is 0.0744. The van der Waals surface area contributed by atoms with Crippen LogP contribution in [0.3, 0.4) is 0 Å². The summed E-state index contributed by atoms with van der Waals surface area (Å²) in [6.45, 7) is 6.54. The third-order valence-corrected chi connectivity index (χ3v) is 3.52. The number of carbonyl (C=O) groups is 1. The Morgan fingerprint density at radius 2 is 1.89 bits per heavy atom. The van der Waals surface area contributed by atoms with Crippen LogP contribution in [-0.2, 0) is 0 Å². The number of amides is 1. The van der Waals surface area contributed by atoms with Crippen molar-refractivity contribution in [3.8, 4) is 0 Å². The van der Waals surface area contributed by atoms with Gasteiger partial charge in [0.05, 0.1) is 0 Å². The van der Waals surface area contributed by atoms with Gasteiger partial charge in [-0.2, -0.15) is 0 Å². The topological polar surface area (TPSA) is 23.6 Å². The van der Waals surface area contributed by atoms with Gasteiger partial charge in [-0.05, 0) is 45.1 Å². The van der Waals surface area contributed by atoms with Crippen LogP contribution < -0.4 is 0 Å². The molecule has 1 aromatic rings. The largest absolute Gasteiger partial charge is 0.337 e. The molecular weight excluding hydrogens is 304 g/mol. The Hall–Kier alpha value is -0.870. The zero-order valence-electron chi connectivity index (χ0n) is 12.2. The SMILES string of the molecule is CCCN(CCN(C)C)C(=O)c1cc(Br)ccc1C. The molecule has 0 unspecified atom stereocenters.